The molecule has 1 aliphatic rings. The number of nitrogens with one attached hydrogen (secondary N) is 1. The number of halogens is 6. The molecule has 0 aliphatic carbocycles. The van der Waals surface area contributed by atoms with Crippen molar-refractivity contribution in [2.45, 2.75) is 56.8 Å². The van der Waals surface area contributed by atoms with Crippen molar-refractivity contribution in [2.75, 3.05) is 11.1 Å². The van der Waals surface area contributed by atoms with Crippen molar-refractivity contribution in [3.05, 3.63) is 45.2 Å². The first kappa shape index (κ1) is 29.9. The first-order chi connectivity index (χ1) is 19.8. The van der Waals surface area contributed by atoms with Crippen molar-refractivity contribution < 1.29 is 41.1 Å². The molecule has 13 nitrogen and oxygen atoms in total. The lowest BCUT2D eigenvalue weighted by molar-refractivity contribution is -0.285. The van der Waals surface area contributed by atoms with Crippen molar-refractivity contribution in [1.29, 1.82) is 0 Å². The molecule has 4 N–H and O–H groups in total. The minimum absolute atomic E-state index is 0.0700. The third-order valence-corrected chi connectivity index (χ3v) is 7.36. The maximum Gasteiger partial charge on any atom is 0.453 e. The van der Waals surface area contributed by atoms with Gasteiger partial charge in [0.25, 0.3) is 0 Å². The molecular weight excluding hydrogens is 611 g/mol. The number of aliphatic carboxylic acids is 1. The van der Waals surface area contributed by atoms with Crippen LogP contribution in [0.5, 0.6) is 0 Å². The van der Waals surface area contributed by atoms with Gasteiger partial charge in [-0.15, -0.1) is 5.10 Å². The summed E-state index contributed by atoms with van der Waals surface area (Å²) in [5.41, 5.74) is 2.46. The monoisotopic (exact) mass is 630 g/mol. The van der Waals surface area contributed by atoms with Crippen molar-refractivity contribution in [3.63, 3.8) is 0 Å². The van der Waals surface area contributed by atoms with Crippen LogP contribution in [-0.4, -0.2) is 58.6 Å². The number of carbonyl (C=O) groups excluding carboxylic acids is 1. The summed E-state index contributed by atoms with van der Waals surface area (Å²) in [6.45, 7) is 2.83. The maximum absolute atomic E-state index is 13.7. The zero-order valence-electron chi connectivity index (χ0n) is 22.3. The van der Waals surface area contributed by atoms with E-state index >= 15 is 0 Å². The molecule has 4 heterocycles. The van der Waals surface area contributed by atoms with E-state index < -0.39 is 59.5 Å². The van der Waals surface area contributed by atoms with Gasteiger partial charge in [0.15, 0.2) is 16.8 Å². The number of carboxylic acid groups (broad SMARTS) is 1. The maximum atomic E-state index is 13.7. The number of nitrogens with two attached hydrogens (primary N) is 1. The van der Waals surface area contributed by atoms with Crippen LogP contribution in [0, 0.1) is 0 Å². The van der Waals surface area contributed by atoms with E-state index in [-0.39, 0.29) is 44.6 Å². The SMILES string of the molecule is CC1(c2nn(C(C)(C)C(=O)O)c(=O)o2)C(=O)Nc2nc(-c3nn(CCC(F)(F)C(F)(F)F)c4cc(Cl)ccc34)nc(N)c21. The predicted molar refractivity (Wildman–Crippen MR) is 139 cm³/mol. The molecule has 3 aromatic heterocycles. The molecule has 19 heteroatoms. The fourth-order valence-electron chi connectivity index (χ4n) is 4.51. The molecule has 1 aliphatic heterocycles. The number of nitrogens with zero attached hydrogens (tertiary/aromatic N) is 6. The van der Waals surface area contributed by atoms with Crippen LogP contribution in [0.15, 0.2) is 27.4 Å². The number of anilines is 2. The lowest BCUT2D eigenvalue weighted by Crippen LogP contribution is -2.42. The van der Waals surface area contributed by atoms with Crippen LogP contribution >= 0.6 is 11.6 Å². The number of hydrogen-bond donors (Lipinski definition) is 3. The molecule has 0 bridgehead atoms. The normalized spacial score (nSPS) is 17.4. The third kappa shape index (κ3) is 4.56. The highest BCUT2D eigenvalue weighted by atomic mass is 35.5. The van der Waals surface area contributed by atoms with E-state index in [1.807, 2.05) is 0 Å². The Bertz CT molecular complexity index is 1880. The van der Waals surface area contributed by atoms with Crippen LogP contribution in [0.2, 0.25) is 5.02 Å². The fraction of sp³-hybridized carbons (Fsp3) is 0.375. The van der Waals surface area contributed by atoms with Crippen LogP contribution in [0.25, 0.3) is 22.4 Å². The molecule has 43 heavy (non-hydrogen) atoms. The third-order valence-electron chi connectivity index (χ3n) is 7.13. The van der Waals surface area contributed by atoms with Crippen LogP contribution in [-0.2, 0) is 27.1 Å². The Labute approximate surface area is 241 Å². The number of carbonyl (C=O) groups is 2. The lowest BCUT2D eigenvalue weighted by atomic mass is 9.84. The number of alkyl halides is 5. The average Bonchev–Trinajstić information content (AvgIpc) is 3.54. The van der Waals surface area contributed by atoms with Gasteiger partial charge in [-0.05, 0) is 39.0 Å². The van der Waals surface area contributed by atoms with Crippen LogP contribution in [0.1, 0.15) is 38.6 Å². The molecule has 228 valence electrons. The first-order valence-corrected chi connectivity index (χ1v) is 12.6. The van der Waals surface area contributed by atoms with Crippen LogP contribution in [0.4, 0.5) is 33.6 Å². The number of benzene rings is 1. The summed E-state index contributed by atoms with van der Waals surface area (Å²) in [5.74, 6) is -9.57. The lowest BCUT2D eigenvalue weighted by Gasteiger charge is -2.19. The Hall–Kier alpha value is -4.61. The highest BCUT2D eigenvalue weighted by molar-refractivity contribution is 6.31. The molecular formula is C24H20ClF5N8O5. The summed E-state index contributed by atoms with van der Waals surface area (Å²) in [6.07, 6.45) is -7.38. The molecule has 4 aromatic rings. The second kappa shape index (κ2) is 9.45. The Morgan fingerprint density at radius 3 is 2.47 bits per heavy atom. The highest BCUT2D eigenvalue weighted by Gasteiger charge is 2.57. The average molecular weight is 631 g/mol. The number of hydrogen-bond acceptors (Lipinski definition) is 9. The van der Waals surface area contributed by atoms with Gasteiger partial charge in [0.1, 0.15) is 17.3 Å². The molecule has 1 aromatic carbocycles. The van der Waals surface area contributed by atoms with E-state index in [1.165, 1.54) is 39.0 Å². The summed E-state index contributed by atoms with van der Waals surface area (Å²) in [7, 11) is 0. The molecule has 5 rings (SSSR count). The number of aryl methyl sites for hydroxylation is 1. The van der Waals surface area contributed by atoms with E-state index in [0.29, 0.717) is 4.68 Å². The summed E-state index contributed by atoms with van der Waals surface area (Å²) < 4.78 is 72.3. The van der Waals surface area contributed by atoms with Gasteiger partial charge in [-0.2, -0.15) is 31.7 Å². The number of nitrogen functional groups attached to an aromatic ring is 1. The molecule has 0 spiro atoms. The van der Waals surface area contributed by atoms with Crippen molar-refractivity contribution in [2.24, 2.45) is 0 Å². The zero-order chi connectivity index (χ0) is 31.9. The van der Waals surface area contributed by atoms with Gasteiger partial charge in [0, 0.05) is 23.4 Å². The van der Waals surface area contributed by atoms with Gasteiger partial charge in [0.05, 0.1) is 11.1 Å². The summed E-state index contributed by atoms with van der Waals surface area (Å²) in [4.78, 5) is 45.9. The number of aromatic nitrogens is 6. The molecule has 0 fully saturated rings. The Morgan fingerprint density at radius 1 is 1.16 bits per heavy atom. The largest absolute Gasteiger partial charge is 0.479 e. The minimum atomic E-state index is -5.77. The van der Waals surface area contributed by atoms with E-state index in [4.69, 9.17) is 21.8 Å². The second-order valence-electron chi connectivity index (χ2n) is 10.4. The number of carboxylic acids is 1. The van der Waals surface area contributed by atoms with E-state index in [1.54, 1.807) is 0 Å². The molecule has 0 saturated heterocycles. The van der Waals surface area contributed by atoms with Crippen LogP contribution < -0.4 is 16.8 Å². The van der Waals surface area contributed by atoms with Crippen molar-refractivity contribution in [1.82, 2.24) is 29.5 Å². The Morgan fingerprint density at radius 2 is 1.84 bits per heavy atom. The molecule has 1 unspecified atom stereocenters. The molecule has 0 radical (unpaired) electrons. The fourth-order valence-corrected chi connectivity index (χ4v) is 4.68. The predicted octanol–water partition coefficient (Wildman–Crippen LogP) is 3.54. The molecule has 0 saturated carbocycles. The van der Waals surface area contributed by atoms with E-state index in [2.05, 4.69) is 25.5 Å². The van der Waals surface area contributed by atoms with Gasteiger partial charge in [-0.25, -0.2) is 19.6 Å². The van der Waals surface area contributed by atoms with E-state index in [9.17, 15) is 41.4 Å². The van der Waals surface area contributed by atoms with Gasteiger partial charge < -0.3 is 20.6 Å². The number of rotatable bonds is 7. The summed E-state index contributed by atoms with van der Waals surface area (Å²) in [5, 5.41) is 20.4. The van der Waals surface area contributed by atoms with Gasteiger partial charge in [0.2, 0.25) is 11.8 Å². The highest BCUT2D eigenvalue weighted by Crippen LogP contribution is 2.45. The first-order valence-electron chi connectivity index (χ1n) is 12.2. The van der Waals surface area contributed by atoms with Gasteiger partial charge in [-0.1, -0.05) is 11.6 Å². The van der Waals surface area contributed by atoms with Gasteiger partial charge >= 0.3 is 23.8 Å². The van der Waals surface area contributed by atoms with E-state index in [0.717, 1.165) is 4.68 Å². The summed E-state index contributed by atoms with van der Waals surface area (Å²) in [6, 6.07) is 4.17. The minimum Gasteiger partial charge on any atom is -0.479 e. The van der Waals surface area contributed by atoms with Crippen molar-refractivity contribution >= 4 is 46.0 Å². The zero-order valence-corrected chi connectivity index (χ0v) is 23.0. The molecule has 1 amide bonds. The molecule has 1 atom stereocenters. The summed E-state index contributed by atoms with van der Waals surface area (Å²) >= 11 is 6.04. The smallest absolute Gasteiger partial charge is 0.453 e. The standard InChI is InChI=1S/C24H20ClF5N8O5/c1-21(2,19(40)41)38-20(42)43-18(36-38)22(3)12-14(31)32-16(33-15(12)34-17(22)39)13-10-5-4-9(25)8-11(10)37(35-13)7-6-23(26,27)24(28,29)30/h4-5,8H,6-7H2,1-3H3,(H,40,41)(H3,31,32,33,34,39). The number of fused-ring (bicyclic) bond motifs is 2. The second-order valence-corrected chi connectivity index (χ2v) is 10.8. The van der Waals surface area contributed by atoms with Crippen molar-refractivity contribution in [3.8, 4) is 11.5 Å². The van der Waals surface area contributed by atoms with Gasteiger partial charge in [-0.3, -0.25) is 9.48 Å². The van der Waals surface area contributed by atoms with Crippen LogP contribution in [0.3, 0.4) is 0 Å². The topological polar surface area (TPSA) is 184 Å². The quantitative estimate of drug-likeness (QED) is 0.255. The number of amides is 1. The Kier molecular flexibility index (Phi) is 6.56. The Balaban J connectivity index is 1.60.